The topological polar surface area (TPSA) is 85.0 Å². The monoisotopic (exact) mass is 415 g/mol. The fourth-order valence-electron chi connectivity index (χ4n) is 3.01. The Morgan fingerprint density at radius 1 is 1.10 bits per heavy atom. The van der Waals surface area contributed by atoms with Crippen molar-refractivity contribution in [2.24, 2.45) is 0 Å². The fourth-order valence-corrected chi connectivity index (χ4v) is 3.01. The number of ether oxygens (including phenoxy) is 2. The van der Waals surface area contributed by atoms with Crippen molar-refractivity contribution >= 4 is 11.6 Å². The predicted molar refractivity (Wildman–Crippen MR) is 101 cm³/mol. The van der Waals surface area contributed by atoms with Crippen LogP contribution in [-0.2, 0) is 12.7 Å². The first-order valence-corrected chi connectivity index (χ1v) is 9.10. The molecule has 1 N–H and O–H groups in total. The third kappa shape index (κ3) is 4.15. The normalized spacial score (nSPS) is 13.0. The van der Waals surface area contributed by atoms with Crippen LogP contribution in [0.15, 0.2) is 42.5 Å². The molecule has 7 nitrogen and oxygen atoms in total. The van der Waals surface area contributed by atoms with Gasteiger partial charge in [0.2, 0.25) is 5.95 Å². The number of halogens is 3. The van der Waals surface area contributed by atoms with Gasteiger partial charge in [0.1, 0.15) is 13.2 Å². The number of nitrogens with zero attached hydrogens (tertiary/aromatic N) is 4. The van der Waals surface area contributed by atoms with Gasteiger partial charge in [0.25, 0.3) is 0 Å². The molecule has 1 aliphatic heterocycles. The molecule has 1 aromatic heterocycles. The summed E-state index contributed by atoms with van der Waals surface area (Å²) in [6, 6.07) is 12.1. The maximum atomic E-state index is 13.0. The van der Waals surface area contributed by atoms with E-state index in [9.17, 15) is 13.2 Å². The summed E-state index contributed by atoms with van der Waals surface area (Å²) in [5.41, 5.74) is 0.112. The minimum absolute atomic E-state index is 0.122. The third-order valence-corrected chi connectivity index (χ3v) is 4.35. The number of hydrogen-bond acceptors (Lipinski definition) is 6. The first-order valence-electron chi connectivity index (χ1n) is 9.10. The zero-order valence-electron chi connectivity index (χ0n) is 15.6. The Morgan fingerprint density at radius 3 is 2.67 bits per heavy atom. The molecule has 0 amide bonds. The Kier molecular flexibility index (Phi) is 5.18. The lowest BCUT2D eigenvalue weighted by Gasteiger charge is -2.18. The second-order valence-electron chi connectivity index (χ2n) is 6.45. The van der Waals surface area contributed by atoms with Crippen molar-refractivity contribution in [2.75, 3.05) is 18.5 Å². The second kappa shape index (κ2) is 7.94. The van der Waals surface area contributed by atoms with Gasteiger partial charge in [-0.2, -0.15) is 23.4 Å². The Bertz CT molecular complexity index is 1100. The van der Waals surface area contributed by atoms with Crippen molar-refractivity contribution in [3.8, 4) is 29.0 Å². The molecule has 0 fully saturated rings. The van der Waals surface area contributed by atoms with Crippen LogP contribution < -0.4 is 14.8 Å². The Labute approximate surface area is 169 Å². The summed E-state index contributed by atoms with van der Waals surface area (Å²) in [5, 5.41) is 16.0. The number of fused-ring (bicyclic) bond motifs is 1. The average Bonchev–Trinajstić information content (AvgIpc) is 3.14. The molecule has 0 saturated carbocycles. The molecule has 154 valence electrons. The van der Waals surface area contributed by atoms with Gasteiger partial charge in [0.15, 0.2) is 17.3 Å². The number of nitriles is 1. The van der Waals surface area contributed by atoms with Gasteiger partial charge in [-0.15, -0.1) is 5.10 Å². The lowest BCUT2D eigenvalue weighted by Crippen LogP contribution is -2.15. The molecule has 10 heteroatoms. The van der Waals surface area contributed by atoms with Crippen molar-refractivity contribution in [3.05, 3.63) is 48.0 Å². The summed E-state index contributed by atoms with van der Waals surface area (Å²) in [5.74, 6) is 1.77. The molecule has 1 aliphatic rings. The number of rotatable bonds is 5. The largest absolute Gasteiger partial charge is 0.486 e. The molecular formula is C20H16F3N5O2. The summed E-state index contributed by atoms with van der Waals surface area (Å²) in [4.78, 5) is 4.42. The molecule has 3 aromatic rings. The van der Waals surface area contributed by atoms with Crippen LogP contribution in [0.3, 0.4) is 0 Å². The van der Waals surface area contributed by atoms with Gasteiger partial charge in [-0.25, -0.2) is 4.68 Å². The summed E-state index contributed by atoms with van der Waals surface area (Å²) < 4.78 is 51.5. The molecule has 2 aromatic carbocycles. The first-order chi connectivity index (χ1) is 14.4. The average molecular weight is 415 g/mol. The number of anilines is 2. The predicted octanol–water partition coefficient (Wildman–Crippen LogP) is 4.39. The van der Waals surface area contributed by atoms with E-state index < -0.39 is 11.7 Å². The summed E-state index contributed by atoms with van der Waals surface area (Å²) in [6.45, 7) is 1.17. The number of aromatic nitrogens is 3. The number of hydrogen-bond donors (Lipinski definition) is 1. The van der Waals surface area contributed by atoms with Gasteiger partial charge in [-0.1, -0.05) is 6.07 Å². The maximum Gasteiger partial charge on any atom is 0.416 e. The highest BCUT2D eigenvalue weighted by Gasteiger charge is 2.30. The molecule has 0 unspecified atom stereocenters. The molecule has 2 heterocycles. The lowest BCUT2D eigenvalue weighted by atomic mass is 10.2. The van der Waals surface area contributed by atoms with E-state index >= 15 is 0 Å². The molecule has 0 atom stereocenters. The zero-order valence-corrected chi connectivity index (χ0v) is 15.6. The van der Waals surface area contributed by atoms with Gasteiger partial charge in [-0.05, 0) is 36.4 Å². The highest BCUT2D eigenvalue weighted by atomic mass is 19.4. The molecule has 4 rings (SSSR count). The van der Waals surface area contributed by atoms with Gasteiger partial charge < -0.3 is 14.8 Å². The van der Waals surface area contributed by atoms with Crippen molar-refractivity contribution < 1.29 is 22.6 Å². The summed E-state index contributed by atoms with van der Waals surface area (Å²) in [6.07, 6.45) is -4.25. The van der Waals surface area contributed by atoms with Crippen molar-refractivity contribution in [2.45, 2.75) is 19.1 Å². The quantitative estimate of drug-likeness (QED) is 0.665. The van der Waals surface area contributed by atoms with E-state index in [4.69, 9.17) is 14.7 Å². The van der Waals surface area contributed by atoms with Gasteiger partial charge in [0, 0.05) is 11.3 Å². The zero-order chi connectivity index (χ0) is 21.1. The summed E-state index contributed by atoms with van der Waals surface area (Å²) >= 11 is 0. The number of aryl methyl sites for hydroxylation is 1. The molecule has 0 radical (unpaired) electrons. The second-order valence-corrected chi connectivity index (χ2v) is 6.45. The minimum atomic E-state index is -4.45. The number of alkyl halides is 3. The number of benzene rings is 2. The smallest absolute Gasteiger partial charge is 0.416 e. The van der Waals surface area contributed by atoms with E-state index in [1.807, 2.05) is 6.07 Å². The van der Waals surface area contributed by atoms with Crippen LogP contribution >= 0.6 is 0 Å². The number of nitrogens with one attached hydrogen (secondary N) is 1. The van der Waals surface area contributed by atoms with E-state index in [-0.39, 0.29) is 24.6 Å². The van der Waals surface area contributed by atoms with Gasteiger partial charge >= 0.3 is 6.18 Å². The summed E-state index contributed by atoms with van der Waals surface area (Å²) in [7, 11) is 0. The van der Waals surface area contributed by atoms with Gasteiger partial charge in [0.05, 0.1) is 24.6 Å². The lowest BCUT2D eigenvalue weighted by molar-refractivity contribution is -0.137. The van der Waals surface area contributed by atoms with Crippen LogP contribution in [0.5, 0.6) is 11.5 Å². The molecule has 0 bridgehead atoms. The van der Waals surface area contributed by atoms with Crippen LogP contribution in [0.4, 0.5) is 24.8 Å². The maximum absolute atomic E-state index is 13.0. The highest BCUT2D eigenvalue weighted by molar-refractivity contribution is 5.64. The first kappa shape index (κ1) is 19.6. The van der Waals surface area contributed by atoms with Crippen LogP contribution in [-0.4, -0.2) is 28.0 Å². The fraction of sp³-hybridized carbons (Fsp3) is 0.250. The molecule has 0 spiro atoms. The molecular weight excluding hydrogens is 399 g/mol. The van der Waals surface area contributed by atoms with E-state index in [2.05, 4.69) is 15.4 Å². The van der Waals surface area contributed by atoms with Crippen LogP contribution in [0, 0.1) is 11.3 Å². The van der Waals surface area contributed by atoms with Crippen LogP contribution in [0.1, 0.15) is 12.0 Å². The Balaban J connectivity index is 1.66. The van der Waals surface area contributed by atoms with E-state index in [0.29, 0.717) is 36.1 Å². The van der Waals surface area contributed by atoms with Crippen molar-refractivity contribution in [3.63, 3.8) is 0 Å². The Hall–Kier alpha value is -3.74. The van der Waals surface area contributed by atoms with Crippen LogP contribution in [0.2, 0.25) is 0 Å². The third-order valence-electron chi connectivity index (χ3n) is 4.35. The van der Waals surface area contributed by atoms with E-state index in [1.54, 1.807) is 18.2 Å². The minimum Gasteiger partial charge on any atom is -0.486 e. The van der Waals surface area contributed by atoms with Gasteiger partial charge in [-0.3, -0.25) is 0 Å². The molecule has 30 heavy (non-hydrogen) atoms. The van der Waals surface area contributed by atoms with E-state index in [1.165, 1.54) is 16.8 Å². The van der Waals surface area contributed by atoms with Crippen molar-refractivity contribution in [1.82, 2.24) is 14.8 Å². The molecule has 0 saturated heterocycles. The standard InChI is InChI=1S/C20H16F3N5O2/c21-20(22,23)14-3-1-4-15(12-14)25-19-26-18(28(27-19)8-2-7-24)13-5-6-16-17(11-13)30-10-9-29-16/h1,3-6,11-12H,2,8-10H2,(H,25,27). The highest BCUT2D eigenvalue weighted by Crippen LogP contribution is 2.35. The SMILES string of the molecule is N#CCCn1nc(Nc2cccc(C(F)(F)F)c2)nc1-c1ccc2c(c1)OCCO2. The molecule has 0 aliphatic carbocycles. The Morgan fingerprint density at radius 2 is 1.90 bits per heavy atom. The van der Waals surface area contributed by atoms with Crippen LogP contribution in [0.25, 0.3) is 11.4 Å². The van der Waals surface area contributed by atoms with E-state index in [0.717, 1.165) is 12.1 Å². The van der Waals surface area contributed by atoms with Crippen molar-refractivity contribution in [1.29, 1.82) is 5.26 Å².